The fourth-order valence-electron chi connectivity index (χ4n) is 0.286. The summed E-state index contributed by atoms with van der Waals surface area (Å²) in [5, 5.41) is 12.3. The van der Waals surface area contributed by atoms with Crippen molar-refractivity contribution in [2.75, 3.05) is 6.54 Å². The van der Waals surface area contributed by atoms with Gasteiger partial charge in [-0.2, -0.15) is 0 Å². The molecule has 0 rings (SSSR count). The first-order valence-corrected chi connectivity index (χ1v) is 2.32. The van der Waals surface area contributed by atoms with Gasteiger partial charge < -0.3 is 15.2 Å². The summed E-state index contributed by atoms with van der Waals surface area (Å²) in [7, 11) is 0. The standard InChI is InChI=1S/C5H9NO2/c1-3-6-4(2)5(7)8/h6H,2-3H2,1H3,(H,7,8)/p-1. The van der Waals surface area contributed by atoms with Crippen LogP contribution in [0.15, 0.2) is 12.3 Å². The van der Waals surface area contributed by atoms with Gasteiger partial charge >= 0.3 is 0 Å². The van der Waals surface area contributed by atoms with Crippen molar-refractivity contribution in [3.05, 3.63) is 12.3 Å². The average Bonchev–Trinajstić information content (AvgIpc) is 1.67. The van der Waals surface area contributed by atoms with Crippen molar-refractivity contribution in [3.63, 3.8) is 0 Å². The summed E-state index contributed by atoms with van der Waals surface area (Å²) in [6.45, 7) is 5.52. The molecule has 0 aromatic carbocycles. The fourth-order valence-corrected chi connectivity index (χ4v) is 0.286. The summed E-state index contributed by atoms with van der Waals surface area (Å²) < 4.78 is 0. The molecule has 0 saturated heterocycles. The minimum Gasteiger partial charge on any atom is -0.543 e. The Hall–Kier alpha value is -0.990. The smallest absolute Gasteiger partial charge is 0.0868 e. The van der Waals surface area contributed by atoms with Crippen molar-refractivity contribution in [2.24, 2.45) is 0 Å². The number of hydrogen-bond acceptors (Lipinski definition) is 3. The molecule has 0 fully saturated rings. The number of carboxylic acid groups (broad SMARTS) is 1. The lowest BCUT2D eigenvalue weighted by Crippen LogP contribution is -2.31. The van der Waals surface area contributed by atoms with E-state index >= 15 is 0 Å². The molecule has 0 saturated carbocycles. The summed E-state index contributed by atoms with van der Waals surface area (Å²) >= 11 is 0. The molecule has 0 aliphatic heterocycles. The molecular weight excluding hydrogens is 106 g/mol. The van der Waals surface area contributed by atoms with Crippen LogP contribution in [0.5, 0.6) is 0 Å². The second-order valence-electron chi connectivity index (χ2n) is 1.30. The van der Waals surface area contributed by atoms with Gasteiger partial charge in [0.05, 0.1) is 5.97 Å². The summed E-state index contributed by atoms with van der Waals surface area (Å²) in [5.41, 5.74) is -0.0625. The van der Waals surface area contributed by atoms with Crippen molar-refractivity contribution in [3.8, 4) is 0 Å². The summed E-state index contributed by atoms with van der Waals surface area (Å²) in [5.74, 6) is -1.24. The van der Waals surface area contributed by atoms with Gasteiger partial charge in [-0.25, -0.2) is 0 Å². The van der Waals surface area contributed by atoms with E-state index in [0.29, 0.717) is 6.54 Å². The van der Waals surface area contributed by atoms with Crippen LogP contribution in [0.4, 0.5) is 0 Å². The fraction of sp³-hybridized carbons (Fsp3) is 0.400. The lowest BCUT2D eigenvalue weighted by Gasteiger charge is -2.05. The van der Waals surface area contributed by atoms with Crippen molar-refractivity contribution in [2.45, 2.75) is 6.92 Å². The number of aliphatic carboxylic acids is 1. The van der Waals surface area contributed by atoms with Gasteiger partial charge in [0.25, 0.3) is 0 Å². The van der Waals surface area contributed by atoms with Crippen LogP contribution in [0, 0.1) is 0 Å². The van der Waals surface area contributed by atoms with Crippen LogP contribution in [-0.4, -0.2) is 12.5 Å². The number of hydrogen-bond donors (Lipinski definition) is 1. The molecule has 0 spiro atoms. The van der Waals surface area contributed by atoms with Gasteiger partial charge in [0.15, 0.2) is 0 Å². The lowest BCUT2D eigenvalue weighted by atomic mass is 10.5. The highest BCUT2D eigenvalue weighted by atomic mass is 16.4. The number of carboxylic acids is 1. The molecule has 0 aliphatic carbocycles. The number of nitrogens with one attached hydrogen (secondary N) is 1. The SMILES string of the molecule is C=C(NCC)C(=O)[O-]. The molecule has 3 nitrogen and oxygen atoms in total. The van der Waals surface area contributed by atoms with Crippen molar-refractivity contribution < 1.29 is 9.90 Å². The molecule has 0 heterocycles. The lowest BCUT2D eigenvalue weighted by molar-refractivity contribution is -0.299. The van der Waals surface area contributed by atoms with E-state index in [1.54, 1.807) is 6.92 Å². The Morgan fingerprint density at radius 3 is 2.50 bits per heavy atom. The zero-order chi connectivity index (χ0) is 6.57. The summed E-state index contributed by atoms with van der Waals surface area (Å²) in [4.78, 5) is 9.82. The molecule has 0 aliphatic rings. The normalized spacial score (nSPS) is 8.12. The largest absolute Gasteiger partial charge is 0.543 e. The van der Waals surface area contributed by atoms with Crippen LogP contribution >= 0.6 is 0 Å². The van der Waals surface area contributed by atoms with E-state index in [1.165, 1.54) is 0 Å². The van der Waals surface area contributed by atoms with Crippen molar-refractivity contribution in [1.29, 1.82) is 0 Å². The Bertz CT molecular complexity index is 109. The van der Waals surface area contributed by atoms with Crippen LogP contribution in [0.3, 0.4) is 0 Å². The third-order valence-electron chi connectivity index (χ3n) is 0.637. The first-order chi connectivity index (χ1) is 3.68. The molecular formula is C5H8NO2-. The van der Waals surface area contributed by atoms with E-state index in [4.69, 9.17) is 0 Å². The minimum atomic E-state index is -1.24. The van der Waals surface area contributed by atoms with Crippen molar-refractivity contribution in [1.82, 2.24) is 5.32 Å². The van der Waals surface area contributed by atoms with Gasteiger partial charge in [-0.05, 0) is 6.92 Å². The molecule has 0 radical (unpaired) electrons. The van der Waals surface area contributed by atoms with Crippen LogP contribution < -0.4 is 10.4 Å². The maximum Gasteiger partial charge on any atom is 0.0868 e. The third-order valence-corrected chi connectivity index (χ3v) is 0.637. The summed E-state index contributed by atoms with van der Waals surface area (Å²) in [6.07, 6.45) is 0. The molecule has 0 aromatic heterocycles. The minimum absolute atomic E-state index is 0.0625. The van der Waals surface area contributed by atoms with E-state index < -0.39 is 5.97 Å². The first-order valence-electron chi connectivity index (χ1n) is 2.32. The molecule has 0 amide bonds. The Morgan fingerprint density at radius 2 is 2.38 bits per heavy atom. The van der Waals surface area contributed by atoms with Gasteiger partial charge in [0, 0.05) is 12.2 Å². The van der Waals surface area contributed by atoms with Crippen molar-refractivity contribution >= 4 is 5.97 Å². The van der Waals surface area contributed by atoms with E-state index in [2.05, 4.69) is 11.9 Å². The monoisotopic (exact) mass is 114 g/mol. The molecule has 0 bridgehead atoms. The Balaban J connectivity index is 3.49. The zero-order valence-corrected chi connectivity index (χ0v) is 4.73. The number of likely N-dealkylation sites (N-methyl/N-ethyl adjacent to an activating group) is 1. The Morgan fingerprint density at radius 1 is 1.88 bits per heavy atom. The predicted molar refractivity (Wildman–Crippen MR) is 27.8 cm³/mol. The third kappa shape index (κ3) is 2.23. The maximum absolute atomic E-state index is 9.82. The molecule has 0 atom stereocenters. The molecule has 46 valence electrons. The van der Waals surface area contributed by atoms with E-state index in [0.717, 1.165) is 0 Å². The topological polar surface area (TPSA) is 52.2 Å². The predicted octanol–water partition coefficient (Wildman–Crippen LogP) is -1.14. The number of rotatable bonds is 3. The molecule has 1 N–H and O–H groups in total. The van der Waals surface area contributed by atoms with E-state index in [-0.39, 0.29) is 5.70 Å². The zero-order valence-electron chi connectivity index (χ0n) is 4.73. The van der Waals surface area contributed by atoms with Gasteiger partial charge in [-0.1, -0.05) is 6.58 Å². The van der Waals surface area contributed by atoms with Gasteiger partial charge in [0.2, 0.25) is 0 Å². The van der Waals surface area contributed by atoms with Crippen LogP contribution in [-0.2, 0) is 4.79 Å². The highest BCUT2D eigenvalue weighted by Gasteiger charge is 1.86. The second-order valence-corrected chi connectivity index (χ2v) is 1.30. The Kier molecular flexibility index (Phi) is 2.69. The Labute approximate surface area is 48.0 Å². The second kappa shape index (κ2) is 3.07. The molecule has 8 heavy (non-hydrogen) atoms. The van der Waals surface area contributed by atoms with E-state index in [9.17, 15) is 9.90 Å². The molecule has 0 unspecified atom stereocenters. The molecule has 0 aromatic rings. The first kappa shape index (κ1) is 7.01. The van der Waals surface area contributed by atoms with Gasteiger partial charge in [-0.15, -0.1) is 0 Å². The average molecular weight is 114 g/mol. The highest BCUT2D eigenvalue weighted by molar-refractivity contribution is 5.82. The quantitative estimate of drug-likeness (QED) is 0.472. The van der Waals surface area contributed by atoms with Crippen LogP contribution in [0.2, 0.25) is 0 Å². The maximum atomic E-state index is 9.82. The van der Waals surface area contributed by atoms with Gasteiger partial charge in [-0.3, -0.25) is 0 Å². The van der Waals surface area contributed by atoms with E-state index in [1.807, 2.05) is 0 Å². The number of carbonyl (C=O) groups is 1. The van der Waals surface area contributed by atoms with Crippen LogP contribution in [0.25, 0.3) is 0 Å². The highest BCUT2D eigenvalue weighted by Crippen LogP contribution is 1.75. The molecule has 3 heteroatoms. The summed E-state index contributed by atoms with van der Waals surface area (Å²) in [6, 6.07) is 0. The van der Waals surface area contributed by atoms with Crippen LogP contribution in [0.1, 0.15) is 6.92 Å². The number of carbonyl (C=O) groups excluding carboxylic acids is 1. The van der Waals surface area contributed by atoms with Gasteiger partial charge in [0.1, 0.15) is 0 Å².